The summed E-state index contributed by atoms with van der Waals surface area (Å²) in [5, 5.41) is 11.1. The summed E-state index contributed by atoms with van der Waals surface area (Å²) in [6, 6.07) is 9.43. The lowest BCUT2D eigenvalue weighted by molar-refractivity contribution is -0.121. The number of hydrogen-bond donors (Lipinski definition) is 3. The molecule has 1 atom stereocenters. The second-order valence-corrected chi connectivity index (χ2v) is 10.0. The highest BCUT2D eigenvalue weighted by atomic mass is 79.9. The van der Waals surface area contributed by atoms with Gasteiger partial charge in [-0.2, -0.15) is 5.26 Å². The maximum atomic E-state index is 14.2. The van der Waals surface area contributed by atoms with Crippen LogP contribution < -0.4 is 21.1 Å². The maximum Gasteiger partial charge on any atom is 0.326 e. The second kappa shape index (κ2) is 10.8. The second-order valence-electron chi connectivity index (χ2n) is 8.81. The summed E-state index contributed by atoms with van der Waals surface area (Å²) in [4.78, 5) is 33.0. The van der Waals surface area contributed by atoms with E-state index < -0.39 is 11.1 Å². The number of ether oxygens (including phenoxy) is 1. The van der Waals surface area contributed by atoms with Gasteiger partial charge in [0.25, 0.3) is 0 Å². The van der Waals surface area contributed by atoms with Crippen LogP contribution in [-0.4, -0.2) is 27.7 Å². The van der Waals surface area contributed by atoms with Gasteiger partial charge in [0.1, 0.15) is 21.7 Å². The molecule has 0 bridgehead atoms. The average Bonchev–Trinajstić information content (AvgIpc) is 3.06. The van der Waals surface area contributed by atoms with Crippen LogP contribution in [0.25, 0.3) is 0 Å². The van der Waals surface area contributed by atoms with Gasteiger partial charge in [0.2, 0.25) is 17.7 Å². The molecule has 35 heavy (non-hydrogen) atoms. The fraction of sp³-hybridized carbons (Fsp3) is 0.440. The molecule has 1 unspecified atom stereocenters. The SMILES string of the molecule is N#CC1=C(N)Oc2[nH]c(=O)[nH]c(=S)c2C12C(=O)N(CCCCCCCCCCBr)c1ccccc12. The van der Waals surface area contributed by atoms with Crippen molar-refractivity contribution in [2.75, 3.05) is 16.8 Å². The van der Waals surface area contributed by atoms with Crippen molar-refractivity contribution >= 4 is 39.7 Å². The van der Waals surface area contributed by atoms with Crippen molar-refractivity contribution in [1.29, 1.82) is 5.26 Å². The Morgan fingerprint density at radius 1 is 1.06 bits per heavy atom. The summed E-state index contributed by atoms with van der Waals surface area (Å²) in [5.74, 6) is -0.551. The number of halogens is 1. The fourth-order valence-electron chi connectivity index (χ4n) is 5.08. The van der Waals surface area contributed by atoms with Gasteiger partial charge >= 0.3 is 5.69 Å². The van der Waals surface area contributed by atoms with E-state index in [1.165, 1.54) is 32.1 Å². The van der Waals surface area contributed by atoms with Crippen LogP contribution in [0.5, 0.6) is 5.88 Å². The first-order chi connectivity index (χ1) is 17.0. The van der Waals surface area contributed by atoms with Gasteiger partial charge in [0, 0.05) is 23.1 Å². The number of hydrogen-bond acceptors (Lipinski definition) is 6. The van der Waals surface area contributed by atoms with Gasteiger partial charge in [-0.1, -0.05) is 84.9 Å². The number of carbonyl (C=O) groups is 1. The molecule has 0 aliphatic carbocycles. The molecule has 1 aromatic heterocycles. The highest BCUT2D eigenvalue weighted by molar-refractivity contribution is 9.09. The molecule has 4 N–H and O–H groups in total. The third-order valence-electron chi connectivity index (χ3n) is 6.66. The number of nitrogens with zero attached hydrogens (tertiary/aromatic N) is 2. The first-order valence-electron chi connectivity index (χ1n) is 11.9. The molecular weight excluding hydrogens is 530 g/mol. The number of aromatic amines is 2. The first kappa shape index (κ1) is 25.2. The van der Waals surface area contributed by atoms with Crippen molar-refractivity contribution in [3.05, 3.63) is 62.0 Å². The zero-order valence-electron chi connectivity index (χ0n) is 19.4. The Hall–Kier alpha value is -2.90. The van der Waals surface area contributed by atoms with Crippen LogP contribution in [-0.2, 0) is 10.2 Å². The first-order valence-corrected chi connectivity index (χ1v) is 13.4. The van der Waals surface area contributed by atoms with E-state index in [0.29, 0.717) is 17.8 Å². The van der Waals surface area contributed by atoms with Gasteiger partial charge < -0.3 is 15.4 Å². The average molecular weight is 559 g/mol. The highest BCUT2D eigenvalue weighted by Gasteiger charge is 2.60. The normalized spacial score (nSPS) is 18.4. The topological polar surface area (TPSA) is 128 Å². The van der Waals surface area contributed by atoms with Crippen LogP contribution in [0.3, 0.4) is 0 Å². The van der Waals surface area contributed by atoms with Crippen LogP contribution in [0.1, 0.15) is 62.5 Å². The molecule has 0 radical (unpaired) electrons. The van der Waals surface area contributed by atoms with Crippen LogP contribution >= 0.6 is 28.1 Å². The van der Waals surface area contributed by atoms with E-state index in [0.717, 1.165) is 24.6 Å². The minimum absolute atomic E-state index is 0.0137. The lowest BCUT2D eigenvalue weighted by Crippen LogP contribution is -2.47. The van der Waals surface area contributed by atoms with Crippen molar-refractivity contribution < 1.29 is 9.53 Å². The number of carbonyl (C=O) groups excluding carboxylic acids is 1. The van der Waals surface area contributed by atoms with Crippen LogP contribution in [0.15, 0.2) is 40.5 Å². The predicted octanol–water partition coefficient (Wildman–Crippen LogP) is 4.67. The Bertz CT molecular complexity index is 1310. The largest absolute Gasteiger partial charge is 0.424 e. The number of benzene rings is 1. The van der Waals surface area contributed by atoms with Crippen molar-refractivity contribution in [2.45, 2.75) is 56.8 Å². The minimum atomic E-state index is -1.57. The molecular formula is C25H28BrN5O3S. The van der Waals surface area contributed by atoms with Gasteiger partial charge in [0.05, 0.1) is 5.56 Å². The van der Waals surface area contributed by atoms with Crippen LogP contribution in [0.2, 0.25) is 0 Å². The molecule has 1 aromatic carbocycles. The molecule has 0 saturated heterocycles. The summed E-state index contributed by atoms with van der Waals surface area (Å²) in [5.41, 5.74) is 5.48. The van der Waals surface area contributed by atoms with E-state index in [2.05, 4.69) is 32.0 Å². The lowest BCUT2D eigenvalue weighted by atomic mass is 9.70. The monoisotopic (exact) mass is 557 g/mol. The van der Waals surface area contributed by atoms with E-state index in [4.69, 9.17) is 22.7 Å². The van der Waals surface area contributed by atoms with Gasteiger partial charge in [-0.25, -0.2) is 4.79 Å². The van der Waals surface area contributed by atoms with Crippen LogP contribution in [0, 0.1) is 16.0 Å². The Morgan fingerprint density at radius 2 is 1.71 bits per heavy atom. The van der Waals surface area contributed by atoms with Crippen molar-refractivity contribution in [2.24, 2.45) is 5.73 Å². The number of nitriles is 1. The molecule has 1 amide bonds. The van der Waals surface area contributed by atoms with Gasteiger partial charge in [-0.05, 0) is 18.9 Å². The minimum Gasteiger partial charge on any atom is -0.424 e. The summed E-state index contributed by atoms with van der Waals surface area (Å²) in [6.45, 7) is 0.510. The summed E-state index contributed by atoms with van der Waals surface area (Å²) in [6.07, 6.45) is 9.08. The van der Waals surface area contributed by atoms with Gasteiger partial charge in [-0.15, -0.1) is 0 Å². The molecule has 1 spiro atoms. The smallest absolute Gasteiger partial charge is 0.326 e. The third kappa shape index (κ3) is 4.43. The molecule has 2 aliphatic heterocycles. The zero-order valence-corrected chi connectivity index (χ0v) is 21.8. The Morgan fingerprint density at radius 3 is 2.40 bits per heavy atom. The molecule has 0 saturated carbocycles. The molecule has 0 fully saturated rings. The Balaban J connectivity index is 1.63. The number of nitrogens with two attached hydrogens (primary N) is 1. The molecule has 2 aliphatic rings. The quantitative estimate of drug-likeness (QED) is 0.221. The third-order valence-corrected chi connectivity index (χ3v) is 7.53. The Kier molecular flexibility index (Phi) is 7.77. The number of rotatable bonds is 10. The molecule has 10 heteroatoms. The summed E-state index contributed by atoms with van der Waals surface area (Å²) >= 11 is 8.93. The number of unbranched alkanes of at least 4 members (excludes halogenated alkanes) is 7. The molecule has 2 aromatic rings. The molecule has 8 nitrogen and oxygen atoms in total. The number of H-pyrrole nitrogens is 2. The number of anilines is 1. The van der Waals surface area contributed by atoms with Crippen molar-refractivity contribution in [1.82, 2.24) is 9.97 Å². The standard InChI is InChI=1S/C25H28BrN5O3S/c26-13-9-5-3-1-2-4-6-10-14-31-18-12-8-7-11-16(18)25(23(31)32)17(15-27)20(28)34-21-19(25)22(35)30-24(33)29-21/h7-8,11-12H,1-6,9-10,13-14,28H2,(H2,29,30,33,35). The molecule has 3 heterocycles. The van der Waals surface area contributed by atoms with E-state index in [9.17, 15) is 14.9 Å². The summed E-state index contributed by atoms with van der Waals surface area (Å²) in [7, 11) is 0. The van der Waals surface area contributed by atoms with E-state index in [1.807, 2.05) is 18.2 Å². The number of alkyl halides is 1. The van der Waals surface area contributed by atoms with Crippen molar-refractivity contribution in [3.8, 4) is 11.9 Å². The fourth-order valence-corrected chi connectivity index (χ4v) is 5.81. The molecule has 184 valence electrons. The predicted molar refractivity (Wildman–Crippen MR) is 140 cm³/mol. The highest BCUT2D eigenvalue weighted by Crippen LogP contribution is 2.54. The maximum absolute atomic E-state index is 14.2. The van der Waals surface area contributed by atoms with Crippen molar-refractivity contribution in [3.63, 3.8) is 0 Å². The number of para-hydroxylation sites is 1. The molecule has 4 rings (SSSR count). The van der Waals surface area contributed by atoms with E-state index in [-0.39, 0.29) is 33.4 Å². The van der Waals surface area contributed by atoms with E-state index in [1.54, 1.807) is 11.0 Å². The lowest BCUT2D eigenvalue weighted by Gasteiger charge is -2.33. The zero-order chi connectivity index (χ0) is 25.0. The Labute approximate surface area is 217 Å². The van der Waals surface area contributed by atoms with E-state index >= 15 is 0 Å². The van der Waals surface area contributed by atoms with Gasteiger partial charge in [0.15, 0.2) is 0 Å². The number of nitrogens with one attached hydrogen (secondary N) is 2. The number of fused-ring (bicyclic) bond motifs is 4. The van der Waals surface area contributed by atoms with Gasteiger partial charge in [-0.3, -0.25) is 14.8 Å². The number of amides is 1. The summed E-state index contributed by atoms with van der Waals surface area (Å²) < 4.78 is 5.60. The van der Waals surface area contributed by atoms with Crippen LogP contribution in [0.4, 0.5) is 5.69 Å². The number of aromatic nitrogens is 2.